The van der Waals surface area contributed by atoms with Crippen LogP contribution in [0.4, 0.5) is 0 Å². The Bertz CT molecular complexity index is 874. The highest BCUT2D eigenvalue weighted by atomic mass is 16.4. The molecule has 0 saturated heterocycles. The average molecular weight is 318 g/mol. The molecule has 8 heteroatoms. The molecule has 3 heterocycles. The van der Waals surface area contributed by atoms with Crippen molar-refractivity contribution in [1.29, 1.82) is 0 Å². The van der Waals surface area contributed by atoms with Gasteiger partial charge >= 0.3 is 5.69 Å². The van der Waals surface area contributed by atoms with Crippen LogP contribution < -0.4 is 11.2 Å². The summed E-state index contributed by atoms with van der Waals surface area (Å²) >= 11 is 0. The van der Waals surface area contributed by atoms with Crippen LogP contribution in [0.1, 0.15) is 47.5 Å². The largest absolute Gasteiger partial charge is 0.445 e. The average Bonchev–Trinajstić information content (AvgIpc) is 2.93. The predicted molar refractivity (Wildman–Crippen MR) is 81.3 cm³/mol. The molecule has 1 aliphatic heterocycles. The molecule has 0 aromatic carbocycles. The maximum absolute atomic E-state index is 12.6. The second-order valence-corrected chi connectivity index (χ2v) is 5.97. The molecule has 0 saturated carbocycles. The van der Waals surface area contributed by atoms with Crippen LogP contribution >= 0.6 is 0 Å². The molecule has 2 aromatic rings. The van der Waals surface area contributed by atoms with Gasteiger partial charge in [-0.2, -0.15) is 0 Å². The van der Waals surface area contributed by atoms with Crippen LogP contribution in [0, 0.1) is 0 Å². The molecule has 8 nitrogen and oxygen atoms in total. The molecule has 0 radical (unpaired) electrons. The summed E-state index contributed by atoms with van der Waals surface area (Å²) in [6, 6.07) is 0. The van der Waals surface area contributed by atoms with Gasteiger partial charge in [-0.05, 0) is 0 Å². The van der Waals surface area contributed by atoms with Gasteiger partial charge in [-0.15, -0.1) is 0 Å². The van der Waals surface area contributed by atoms with Crippen LogP contribution in [0.25, 0.3) is 0 Å². The third-order valence-electron chi connectivity index (χ3n) is 3.86. The molecule has 0 atom stereocenters. The van der Waals surface area contributed by atoms with Crippen molar-refractivity contribution in [3.05, 3.63) is 49.9 Å². The lowest BCUT2D eigenvalue weighted by atomic mass is 10.1. The maximum Gasteiger partial charge on any atom is 0.328 e. The van der Waals surface area contributed by atoms with E-state index in [1.54, 1.807) is 4.90 Å². The summed E-state index contributed by atoms with van der Waals surface area (Å²) in [5.41, 5.74) is -0.546. The lowest BCUT2D eigenvalue weighted by Crippen LogP contribution is -2.40. The minimum absolute atomic E-state index is 0.0527. The van der Waals surface area contributed by atoms with Crippen LogP contribution in [-0.2, 0) is 20.0 Å². The van der Waals surface area contributed by atoms with Crippen molar-refractivity contribution in [3.8, 4) is 0 Å². The molecule has 2 aromatic heterocycles. The zero-order valence-corrected chi connectivity index (χ0v) is 13.3. The van der Waals surface area contributed by atoms with Crippen molar-refractivity contribution in [2.45, 2.75) is 32.7 Å². The van der Waals surface area contributed by atoms with E-state index in [0.717, 1.165) is 11.5 Å². The van der Waals surface area contributed by atoms with Crippen molar-refractivity contribution < 1.29 is 9.21 Å². The van der Waals surface area contributed by atoms with Crippen LogP contribution in [-0.4, -0.2) is 31.9 Å². The topological polar surface area (TPSA) is 101 Å². The number of carbonyl (C=O) groups excluding carboxylic acids is 1. The highest BCUT2D eigenvalue weighted by molar-refractivity contribution is 5.93. The normalized spacial score (nSPS) is 14.2. The number of nitrogens with one attached hydrogen (secondary N) is 1. The Morgan fingerprint density at radius 3 is 2.83 bits per heavy atom. The molecule has 1 amide bonds. The zero-order valence-electron chi connectivity index (χ0n) is 13.3. The molecule has 122 valence electrons. The van der Waals surface area contributed by atoms with Gasteiger partial charge in [0, 0.05) is 32.1 Å². The molecule has 1 N–H and O–H groups in total. The summed E-state index contributed by atoms with van der Waals surface area (Å²) in [7, 11) is 1.48. The Morgan fingerprint density at radius 1 is 1.39 bits per heavy atom. The first-order valence-corrected chi connectivity index (χ1v) is 7.44. The number of fused-ring (bicyclic) bond motifs is 1. The number of oxazole rings is 1. The van der Waals surface area contributed by atoms with Gasteiger partial charge in [-0.25, -0.2) is 9.78 Å². The number of aryl methyl sites for hydroxylation is 1. The lowest BCUT2D eigenvalue weighted by Gasteiger charge is -2.25. The zero-order chi connectivity index (χ0) is 16.7. The first kappa shape index (κ1) is 15.3. The number of aromatic amines is 1. The standard InChI is InChI=1S/C15H18N4O4/c1-8(2)13-16-10-7-19(5-4-11(10)23-13)14(21)9-6-18(3)15(22)17-12(9)20/h6,8H,4-5,7H2,1-3H3,(H,17,20,22). The van der Waals surface area contributed by atoms with Crippen molar-refractivity contribution >= 4 is 5.91 Å². The van der Waals surface area contributed by atoms with E-state index in [1.165, 1.54) is 17.8 Å². The minimum Gasteiger partial charge on any atom is -0.445 e. The summed E-state index contributed by atoms with van der Waals surface area (Å²) in [6.07, 6.45) is 1.83. The van der Waals surface area contributed by atoms with Crippen molar-refractivity contribution in [2.24, 2.45) is 7.05 Å². The minimum atomic E-state index is -0.674. The van der Waals surface area contributed by atoms with E-state index in [2.05, 4.69) is 9.97 Å². The first-order chi connectivity index (χ1) is 10.9. The van der Waals surface area contributed by atoms with Crippen LogP contribution in [0.5, 0.6) is 0 Å². The molecule has 0 spiro atoms. The van der Waals surface area contributed by atoms with Gasteiger partial charge in [0.2, 0.25) is 0 Å². The van der Waals surface area contributed by atoms with Gasteiger partial charge in [0.05, 0.1) is 6.54 Å². The number of nitrogens with zero attached hydrogens (tertiary/aromatic N) is 3. The van der Waals surface area contributed by atoms with E-state index in [1.807, 2.05) is 13.8 Å². The van der Waals surface area contributed by atoms with E-state index < -0.39 is 17.2 Å². The van der Waals surface area contributed by atoms with Crippen molar-refractivity contribution in [2.75, 3.05) is 6.54 Å². The molecule has 23 heavy (non-hydrogen) atoms. The number of aromatic nitrogens is 3. The molecule has 3 rings (SSSR count). The number of hydrogen-bond donors (Lipinski definition) is 1. The fourth-order valence-corrected chi connectivity index (χ4v) is 2.53. The Morgan fingerprint density at radius 2 is 2.13 bits per heavy atom. The molecule has 0 bridgehead atoms. The predicted octanol–water partition coefficient (Wildman–Crippen LogP) is 0.384. The summed E-state index contributed by atoms with van der Waals surface area (Å²) in [6.45, 7) is 4.72. The summed E-state index contributed by atoms with van der Waals surface area (Å²) in [5, 5.41) is 0. The fraction of sp³-hybridized carbons (Fsp3) is 0.467. The van der Waals surface area contributed by atoms with E-state index in [9.17, 15) is 14.4 Å². The van der Waals surface area contributed by atoms with Crippen LogP contribution in [0.15, 0.2) is 20.2 Å². The maximum atomic E-state index is 12.6. The number of rotatable bonds is 2. The molecule has 1 aliphatic rings. The Labute approximate surface area is 131 Å². The molecular weight excluding hydrogens is 300 g/mol. The SMILES string of the molecule is CC(C)c1nc2c(o1)CCN(C(=O)c1cn(C)c(=O)[nH]c1=O)C2. The van der Waals surface area contributed by atoms with E-state index in [4.69, 9.17) is 4.42 Å². The molecule has 0 fully saturated rings. The van der Waals surface area contributed by atoms with Gasteiger partial charge in [0.15, 0.2) is 5.89 Å². The Kier molecular flexibility index (Phi) is 3.67. The first-order valence-electron chi connectivity index (χ1n) is 7.44. The summed E-state index contributed by atoms with van der Waals surface area (Å²) in [4.78, 5) is 43.9. The molecule has 0 aliphatic carbocycles. The number of H-pyrrole nitrogens is 1. The molecule has 0 unspecified atom stereocenters. The van der Waals surface area contributed by atoms with E-state index in [-0.39, 0.29) is 11.5 Å². The fourth-order valence-electron chi connectivity index (χ4n) is 2.53. The van der Waals surface area contributed by atoms with Gasteiger partial charge in [0.25, 0.3) is 11.5 Å². The summed E-state index contributed by atoms with van der Waals surface area (Å²) < 4.78 is 6.88. The van der Waals surface area contributed by atoms with E-state index >= 15 is 0 Å². The summed E-state index contributed by atoms with van der Waals surface area (Å²) in [5.74, 6) is 1.22. The number of hydrogen-bond acceptors (Lipinski definition) is 5. The van der Waals surface area contributed by atoms with Crippen LogP contribution in [0.3, 0.4) is 0 Å². The van der Waals surface area contributed by atoms with Gasteiger partial charge in [-0.3, -0.25) is 14.6 Å². The second-order valence-electron chi connectivity index (χ2n) is 5.97. The third kappa shape index (κ3) is 2.71. The van der Waals surface area contributed by atoms with Crippen molar-refractivity contribution in [3.63, 3.8) is 0 Å². The number of amides is 1. The highest BCUT2D eigenvalue weighted by Crippen LogP contribution is 2.24. The van der Waals surface area contributed by atoms with E-state index in [0.29, 0.717) is 25.4 Å². The van der Waals surface area contributed by atoms with Gasteiger partial charge in [-0.1, -0.05) is 13.8 Å². The Balaban J connectivity index is 1.89. The molecular formula is C15H18N4O4. The third-order valence-corrected chi connectivity index (χ3v) is 3.86. The quantitative estimate of drug-likeness (QED) is 0.863. The van der Waals surface area contributed by atoms with Crippen LogP contribution in [0.2, 0.25) is 0 Å². The van der Waals surface area contributed by atoms with Gasteiger partial charge < -0.3 is 13.9 Å². The lowest BCUT2D eigenvalue weighted by molar-refractivity contribution is 0.0725. The van der Waals surface area contributed by atoms with Gasteiger partial charge in [0.1, 0.15) is 17.0 Å². The van der Waals surface area contributed by atoms with Crippen molar-refractivity contribution in [1.82, 2.24) is 19.4 Å². The smallest absolute Gasteiger partial charge is 0.328 e. The second kappa shape index (κ2) is 5.53. The highest BCUT2D eigenvalue weighted by Gasteiger charge is 2.28. The monoisotopic (exact) mass is 318 g/mol. The number of carbonyl (C=O) groups is 1. The Hall–Kier alpha value is -2.64.